The summed E-state index contributed by atoms with van der Waals surface area (Å²) in [6.45, 7) is 4.54. The lowest BCUT2D eigenvalue weighted by Gasteiger charge is -2.42. The summed E-state index contributed by atoms with van der Waals surface area (Å²) in [5, 5.41) is 0. The number of para-hydroxylation sites is 4. The number of benzene rings is 5. The molecule has 0 spiro atoms. The fourth-order valence-corrected chi connectivity index (χ4v) is 6.70. The summed E-state index contributed by atoms with van der Waals surface area (Å²) in [6, 6.07) is 46.3. The number of pyridine rings is 1. The van der Waals surface area contributed by atoms with Crippen LogP contribution in [0.15, 0.2) is 140 Å². The molecule has 3 heterocycles. The van der Waals surface area contributed by atoms with Crippen molar-refractivity contribution in [3.05, 3.63) is 151 Å². The number of nitrogens with zero attached hydrogens (tertiary/aromatic N) is 2. The van der Waals surface area contributed by atoms with Gasteiger partial charge in [-0.25, -0.2) is 4.98 Å². The number of ether oxygens (including phenoxy) is 2. The third-order valence-electron chi connectivity index (χ3n) is 8.74. The lowest BCUT2D eigenvalue weighted by Crippen LogP contribution is -2.55. The van der Waals surface area contributed by atoms with Crippen LogP contribution < -0.4 is 30.8 Å². The van der Waals surface area contributed by atoms with Gasteiger partial charge in [0, 0.05) is 29.4 Å². The second kappa shape index (κ2) is 9.92. The Morgan fingerprint density at radius 2 is 1.26 bits per heavy atom. The molecule has 0 atom stereocenters. The minimum absolute atomic E-state index is 0.0752. The number of hydrogen-bond acceptors (Lipinski definition) is 4. The first-order chi connectivity index (χ1) is 21.1. The highest BCUT2D eigenvalue weighted by molar-refractivity contribution is 6.97. The Labute approximate surface area is 252 Å². The second-order valence-electron chi connectivity index (χ2n) is 11.6. The van der Waals surface area contributed by atoms with Crippen molar-refractivity contribution in [2.75, 3.05) is 4.90 Å². The summed E-state index contributed by atoms with van der Waals surface area (Å²) >= 11 is 0. The first kappa shape index (κ1) is 25.4. The molecule has 2 aliphatic rings. The molecule has 0 N–H and O–H groups in total. The van der Waals surface area contributed by atoms with E-state index in [1.165, 1.54) is 22.5 Å². The predicted molar refractivity (Wildman–Crippen MR) is 175 cm³/mol. The van der Waals surface area contributed by atoms with Crippen LogP contribution >= 0.6 is 0 Å². The van der Waals surface area contributed by atoms with Crippen LogP contribution in [0.4, 0.5) is 17.1 Å². The van der Waals surface area contributed by atoms with Crippen molar-refractivity contribution in [2.24, 2.45) is 0 Å². The molecule has 5 heteroatoms. The first-order valence-corrected chi connectivity index (χ1v) is 14.7. The van der Waals surface area contributed by atoms with Crippen LogP contribution in [0, 0.1) is 0 Å². The standard InChI is InChI=1S/C38H29BN2O2/c1-38(2)27-13-3-7-17-32(27)41(33-18-8-4-14-28(33)38)26-22-23-31-36(25-26)42-34-19-9-5-15-29(34)39(31)30-16-6-10-20-35(30)43-37-21-11-12-24-40-37/h3-25H,1-2H3. The molecule has 6 aromatic rings. The fraction of sp³-hybridized carbons (Fsp3) is 0.0789. The molecule has 0 saturated heterocycles. The molecule has 0 unspecified atom stereocenters. The highest BCUT2D eigenvalue weighted by Gasteiger charge is 2.38. The van der Waals surface area contributed by atoms with Crippen LogP contribution in [0.25, 0.3) is 0 Å². The van der Waals surface area contributed by atoms with E-state index in [4.69, 9.17) is 9.47 Å². The van der Waals surface area contributed by atoms with Crippen molar-refractivity contribution in [3.63, 3.8) is 0 Å². The van der Waals surface area contributed by atoms with Crippen molar-refractivity contribution in [3.8, 4) is 23.1 Å². The van der Waals surface area contributed by atoms with Crippen molar-refractivity contribution in [1.29, 1.82) is 0 Å². The quantitative estimate of drug-likeness (QED) is 0.209. The molecule has 8 rings (SSSR count). The first-order valence-electron chi connectivity index (χ1n) is 14.7. The molecule has 4 nitrogen and oxygen atoms in total. The van der Waals surface area contributed by atoms with Crippen LogP contribution in [-0.2, 0) is 5.41 Å². The molecule has 5 aromatic carbocycles. The number of fused-ring (bicyclic) bond motifs is 4. The van der Waals surface area contributed by atoms with E-state index >= 15 is 0 Å². The van der Waals surface area contributed by atoms with E-state index < -0.39 is 0 Å². The predicted octanol–water partition coefficient (Wildman–Crippen LogP) is 7.60. The van der Waals surface area contributed by atoms with Gasteiger partial charge < -0.3 is 14.4 Å². The molecule has 0 saturated carbocycles. The maximum Gasteiger partial charge on any atom is 0.255 e. The average Bonchev–Trinajstić information content (AvgIpc) is 3.05. The zero-order chi connectivity index (χ0) is 29.0. The van der Waals surface area contributed by atoms with Gasteiger partial charge in [-0.2, -0.15) is 0 Å². The minimum atomic E-state index is -0.115. The number of rotatable bonds is 4. The molecule has 43 heavy (non-hydrogen) atoms. The third kappa shape index (κ3) is 4.11. The molecule has 206 valence electrons. The van der Waals surface area contributed by atoms with Crippen molar-refractivity contribution in [1.82, 2.24) is 4.98 Å². The monoisotopic (exact) mass is 556 g/mol. The molecule has 0 aliphatic carbocycles. The highest BCUT2D eigenvalue weighted by atomic mass is 16.5. The SMILES string of the molecule is CC1(C)c2ccccc2N(c2ccc3c(c2)Oc2ccccc2B3c2ccccc2Oc2ccccn2)c2ccccc21. The largest absolute Gasteiger partial charge is 0.458 e. The molecule has 0 radical (unpaired) electrons. The topological polar surface area (TPSA) is 34.6 Å². The summed E-state index contributed by atoms with van der Waals surface area (Å²) in [5.41, 5.74) is 9.19. The number of hydrogen-bond donors (Lipinski definition) is 0. The smallest absolute Gasteiger partial charge is 0.255 e. The van der Waals surface area contributed by atoms with Gasteiger partial charge in [0.2, 0.25) is 5.88 Å². The van der Waals surface area contributed by atoms with Crippen LogP contribution in [0.5, 0.6) is 23.1 Å². The van der Waals surface area contributed by atoms with Gasteiger partial charge in [-0.3, -0.25) is 0 Å². The van der Waals surface area contributed by atoms with Crippen molar-refractivity contribution < 1.29 is 9.47 Å². The van der Waals surface area contributed by atoms with Crippen LogP contribution in [0.3, 0.4) is 0 Å². The van der Waals surface area contributed by atoms with Crippen molar-refractivity contribution in [2.45, 2.75) is 19.3 Å². The van der Waals surface area contributed by atoms with Gasteiger partial charge in [0.15, 0.2) is 0 Å². The van der Waals surface area contributed by atoms with E-state index in [9.17, 15) is 0 Å². The average molecular weight is 556 g/mol. The van der Waals surface area contributed by atoms with Gasteiger partial charge >= 0.3 is 0 Å². The molecule has 2 aliphatic heterocycles. The molecule has 1 aromatic heterocycles. The zero-order valence-electron chi connectivity index (χ0n) is 24.1. The van der Waals surface area contributed by atoms with Gasteiger partial charge in [-0.05, 0) is 63.9 Å². The van der Waals surface area contributed by atoms with E-state index in [-0.39, 0.29) is 12.1 Å². The van der Waals surface area contributed by atoms with Crippen LogP contribution in [-0.4, -0.2) is 11.7 Å². The number of anilines is 3. The number of aromatic nitrogens is 1. The fourth-order valence-electron chi connectivity index (χ4n) is 6.70. The lowest BCUT2D eigenvalue weighted by molar-refractivity contribution is 0.466. The van der Waals surface area contributed by atoms with E-state index in [1.54, 1.807) is 6.20 Å². The summed E-state index contributed by atoms with van der Waals surface area (Å²) in [4.78, 5) is 6.78. The molecule has 0 fully saturated rings. The normalized spacial score (nSPS) is 14.1. The van der Waals surface area contributed by atoms with E-state index in [0.29, 0.717) is 5.88 Å². The van der Waals surface area contributed by atoms with Gasteiger partial charge in [0.25, 0.3) is 6.71 Å². The summed E-state index contributed by atoms with van der Waals surface area (Å²) in [6.07, 6.45) is 1.75. The molecule has 0 bridgehead atoms. The summed E-state index contributed by atoms with van der Waals surface area (Å²) in [7, 11) is 0. The van der Waals surface area contributed by atoms with E-state index in [1.807, 2.05) is 42.5 Å². The highest BCUT2D eigenvalue weighted by Crippen LogP contribution is 2.51. The van der Waals surface area contributed by atoms with Gasteiger partial charge in [0.1, 0.15) is 17.2 Å². The molecular formula is C38H29BN2O2. The van der Waals surface area contributed by atoms with Crippen LogP contribution in [0.1, 0.15) is 25.0 Å². The molecular weight excluding hydrogens is 527 g/mol. The maximum absolute atomic E-state index is 6.66. The second-order valence-corrected chi connectivity index (χ2v) is 11.6. The maximum atomic E-state index is 6.66. The molecule has 0 amide bonds. The Hall–Kier alpha value is -5.29. The summed E-state index contributed by atoms with van der Waals surface area (Å²) < 4.78 is 13.0. The third-order valence-corrected chi connectivity index (χ3v) is 8.74. The van der Waals surface area contributed by atoms with Gasteiger partial charge in [-0.15, -0.1) is 0 Å². The van der Waals surface area contributed by atoms with E-state index in [2.05, 4.69) is 115 Å². The summed E-state index contributed by atoms with van der Waals surface area (Å²) in [5.74, 6) is 3.04. The van der Waals surface area contributed by atoms with Crippen LogP contribution in [0.2, 0.25) is 0 Å². The van der Waals surface area contributed by atoms with Crippen molar-refractivity contribution >= 4 is 40.2 Å². The van der Waals surface area contributed by atoms with Gasteiger partial charge in [-0.1, -0.05) is 98.8 Å². The Kier molecular flexibility index (Phi) is 5.86. The van der Waals surface area contributed by atoms with E-state index in [0.717, 1.165) is 39.3 Å². The zero-order valence-corrected chi connectivity index (χ0v) is 24.1. The Morgan fingerprint density at radius 3 is 2.00 bits per heavy atom. The van der Waals surface area contributed by atoms with Gasteiger partial charge in [0.05, 0.1) is 11.4 Å². The minimum Gasteiger partial charge on any atom is -0.458 e. The Morgan fingerprint density at radius 1 is 0.628 bits per heavy atom. The lowest BCUT2D eigenvalue weighted by atomic mass is 9.35. The Bertz CT molecular complexity index is 1940. The Balaban J connectivity index is 1.29.